The smallest absolute Gasteiger partial charge is 0.261 e. The molecule has 0 saturated carbocycles. The predicted molar refractivity (Wildman–Crippen MR) is 128 cm³/mol. The standard InChI is InChI=1S/C25H20N6O/c1-16-11-13-18(14-12-16)28-25(32)21-22-24(30-20-10-6-5-9-19(20)29-22)31(23(21)26)27-15-17-7-3-2-4-8-17/h2-15H,26H2,1H3,(H,28,32). The van der Waals surface area contributed by atoms with Crippen molar-refractivity contribution in [3.8, 4) is 0 Å². The van der Waals surface area contributed by atoms with Crippen LogP contribution in [0.15, 0.2) is 84.0 Å². The van der Waals surface area contributed by atoms with E-state index in [1.165, 1.54) is 4.68 Å². The molecule has 0 aliphatic heterocycles. The molecule has 0 saturated heterocycles. The number of benzene rings is 3. The Kier molecular flexibility index (Phi) is 4.84. The van der Waals surface area contributed by atoms with Crippen LogP contribution in [-0.4, -0.2) is 26.8 Å². The van der Waals surface area contributed by atoms with Crippen molar-refractivity contribution in [3.05, 3.63) is 95.6 Å². The number of carbonyl (C=O) groups is 1. The average Bonchev–Trinajstić information content (AvgIpc) is 3.08. The minimum absolute atomic E-state index is 0.173. The number of hydrogen-bond acceptors (Lipinski definition) is 5. The van der Waals surface area contributed by atoms with Crippen molar-refractivity contribution >= 4 is 45.8 Å². The fourth-order valence-electron chi connectivity index (χ4n) is 3.48. The number of nitrogen functional groups attached to an aromatic ring is 1. The molecule has 0 bridgehead atoms. The van der Waals surface area contributed by atoms with Gasteiger partial charge in [0.05, 0.1) is 17.2 Å². The monoisotopic (exact) mass is 420 g/mol. The first-order valence-corrected chi connectivity index (χ1v) is 10.1. The molecule has 5 rings (SSSR count). The molecule has 156 valence electrons. The van der Waals surface area contributed by atoms with Crippen LogP contribution in [0.2, 0.25) is 0 Å². The Labute approximate surface area is 184 Å². The number of nitrogens with one attached hydrogen (secondary N) is 1. The number of aromatic nitrogens is 3. The van der Waals surface area contributed by atoms with Crippen LogP contribution < -0.4 is 11.1 Å². The molecule has 0 spiro atoms. The molecule has 7 heteroatoms. The van der Waals surface area contributed by atoms with Crippen LogP contribution in [0.3, 0.4) is 0 Å². The van der Waals surface area contributed by atoms with E-state index in [0.717, 1.165) is 11.1 Å². The summed E-state index contributed by atoms with van der Waals surface area (Å²) in [4.78, 5) is 22.6. The SMILES string of the molecule is Cc1ccc(NC(=O)c2c(N)n(N=Cc3ccccc3)c3nc4ccccc4nc23)cc1. The first-order valence-electron chi connectivity index (χ1n) is 10.1. The van der Waals surface area contributed by atoms with E-state index in [1.807, 2.05) is 85.8 Å². The van der Waals surface area contributed by atoms with Crippen LogP contribution in [-0.2, 0) is 0 Å². The van der Waals surface area contributed by atoms with E-state index in [1.54, 1.807) is 6.21 Å². The quantitative estimate of drug-likeness (QED) is 0.415. The lowest BCUT2D eigenvalue weighted by molar-refractivity contribution is 0.102. The van der Waals surface area contributed by atoms with Crippen molar-refractivity contribution in [2.45, 2.75) is 6.92 Å². The summed E-state index contributed by atoms with van der Waals surface area (Å²) in [5, 5.41) is 7.42. The molecule has 32 heavy (non-hydrogen) atoms. The van der Waals surface area contributed by atoms with Gasteiger partial charge in [0.15, 0.2) is 5.65 Å². The van der Waals surface area contributed by atoms with E-state index in [9.17, 15) is 4.79 Å². The van der Waals surface area contributed by atoms with Gasteiger partial charge in [-0.3, -0.25) is 4.79 Å². The summed E-state index contributed by atoms with van der Waals surface area (Å²) in [7, 11) is 0. The molecule has 2 aromatic heterocycles. The number of nitrogens with two attached hydrogens (primary N) is 1. The van der Waals surface area contributed by atoms with Gasteiger partial charge in [0.1, 0.15) is 16.9 Å². The van der Waals surface area contributed by atoms with Gasteiger partial charge in [-0.1, -0.05) is 60.2 Å². The Morgan fingerprint density at radius 1 is 0.938 bits per heavy atom. The maximum Gasteiger partial charge on any atom is 0.261 e. The zero-order valence-corrected chi connectivity index (χ0v) is 17.4. The molecule has 0 aliphatic carbocycles. The highest BCUT2D eigenvalue weighted by atomic mass is 16.1. The molecule has 0 fully saturated rings. The summed E-state index contributed by atoms with van der Waals surface area (Å²) in [5.41, 5.74) is 11.5. The second kappa shape index (κ2) is 7.96. The maximum atomic E-state index is 13.2. The predicted octanol–water partition coefficient (Wildman–Crippen LogP) is 4.61. The number of para-hydroxylation sites is 2. The van der Waals surface area contributed by atoms with E-state index in [0.29, 0.717) is 27.9 Å². The average molecular weight is 420 g/mol. The van der Waals surface area contributed by atoms with Crippen LogP contribution in [0.1, 0.15) is 21.5 Å². The lowest BCUT2D eigenvalue weighted by atomic mass is 10.2. The van der Waals surface area contributed by atoms with Crippen molar-refractivity contribution in [2.24, 2.45) is 5.10 Å². The van der Waals surface area contributed by atoms with Gasteiger partial charge in [-0.15, -0.1) is 0 Å². The number of nitrogens with zero attached hydrogens (tertiary/aromatic N) is 4. The zero-order chi connectivity index (χ0) is 22.1. The lowest BCUT2D eigenvalue weighted by Crippen LogP contribution is -2.14. The Balaban J connectivity index is 1.66. The third kappa shape index (κ3) is 3.56. The lowest BCUT2D eigenvalue weighted by Gasteiger charge is -2.06. The highest BCUT2D eigenvalue weighted by Gasteiger charge is 2.24. The van der Waals surface area contributed by atoms with Gasteiger partial charge in [0.2, 0.25) is 0 Å². The van der Waals surface area contributed by atoms with Crippen LogP contribution in [0.25, 0.3) is 22.2 Å². The Morgan fingerprint density at radius 2 is 1.59 bits per heavy atom. The molecule has 0 unspecified atom stereocenters. The highest BCUT2D eigenvalue weighted by Crippen LogP contribution is 2.28. The van der Waals surface area contributed by atoms with Crippen LogP contribution in [0.4, 0.5) is 11.5 Å². The number of aryl methyl sites for hydroxylation is 1. The molecular formula is C25H20N6O. The van der Waals surface area contributed by atoms with Gasteiger partial charge in [0, 0.05) is 5.69 Å². The van der Waals surface area contributed by atoms with E-state index in [-0.39, 0.29) is 17.3 Å². The Hall–Kier alpha value is -4.52. The maximum absolute atomic E-state index is 13.2. The number of amides is 1. The van der Waals surface area contributed by atoms with Crippen molar-refractivity contribution in [3.63, 3.8) is 0 Å². The third-order valence-corrected chi connectivity index (χ3v) is 5.13. The van der Waals surface area contributed by atoms with Crippen molar-refractivity contribution in [1.29, 1.82) is 0 Å². The van der Waals surface area contributed by atoms with E-state index < -0.39 is 0 Å². The van der Waals surface area contributed by atoms with Crippen LogP contribution in [0.5, 0.6) is 0 Å². The van der Waals surface area contributed by atoms with Gasteiger partial charge < -0.3 is 11.1 Å². The Morgan fingerprint density at radius 3 is 2.31 bits per heavy atom. The van der Waals surface area contributed by atoms with Gasteiger partial charge in [-0.05, 0) is 36.8 Å². The molecule has 2 heterocycles. The van der Waals surface area contributed by atoms with Gasteiger partial charge in [-0.2, -0.15) is 9.78 Å². The molecule has 0 radical (unpaired) electrons. The highest BCUT2D eigenvalue weighted by molar-refractivity contribution is 6.16. The Bertz CT molecular complexity index is 1470. The topological polar surface area (TPSA) is 98.2 Å². The number of fused-ring (bicyclic) bond motifs is 2. The zero-order valence-electron chi connectivity index (χ0n) is 17.4. The number of carbonyl (C=O) groups excluding carboxylic acids is 1. The fraction of sp³-hybridized carbons (Fsp3) is 0.0400. The van der Waals surface area contributed by atoms with Gasteiger partial charge in [-0.25, -0.2) is 9.97 Å². The third-order valence-electron chi connectivity index (χ3n) is 5.13. The molecule has 0 aliphatic rings. The number of anilines is 2. The van der Waals surface area contributed by atoms with Crippen LogP contribution in [0, 0.1) is 6.92 Å². The molecule has 7 nitrogen and oxygen atoms in total. The van der Waals surface area contributed by atoms with Gasteiger partial charge in [0.25, 0.3) is 5.91 Å². The molecular weight excluding hydrogens is 400 g/mol. The number of hydrogen-bond donors (Lipinski definition) is 2. The second-order valence-electron chi connectivity index (χ2n) is 7.43. The van der Waals surface area contributed by atoms with Crippen molar-refractivity contribution < 1.29 is 4.79 Å². The minimum atomic E-state index is -0.366. The summed E-state index contributed by atoms with van der Waals surface area (Å²) < 4.78 is 1.46. The molecule has 0 atom stereocenters. The molecule has 3 aromatic carbocycles. The summed E-state index contributed by atoms with van der Waals surface area (Å²) in [5.74, 6) is -0.193. The van der Waals surface area contributed by atoms with Crippen molar-refractivity contribution in [1.82, 2.24) is 14.6 Å². The first-order chi connectivity index (χ1) is 15.6. The minimum Gasteiger partial charge on any atom is -0.383 e. The summed E-state index contributed by atoms with van der Waals surface area (Å²) in [6, 6.07) is 24.7. The fourth-order valence-corrected chi connectivity index (χ4v) is 3.48. The largest absolute Gasteiger partial charge is 0.383 e. The summed E-state index contributed by atoms with van der Waals surface area (Å²) in [6.07, 6.45) is 1.67. The molecule has 3 N–H and O–H groups in total. The van der Waals surface area contributed by atoms with E-state index in [4.69, 9.17) is 15.7 Å². The van der Waals surface area contributed by atoms with Crippen LogP contribution >= 0.6 is 0 Å². The van der Waals surface area contributed by atoms with E-state index in [2.05, 4.69) is 10.4 Å². The number of rotatable bonds is 4. The van der Waals surface area contributed by atoms with Crippen molar-refractivity contribution in [2.75, 3.05) is 11.1 Å². The molecule has 1 amide bonds. The van der Waals surface area contributed by atoms with E-state index >= 15 is 0 Å². The summed E-state index contributed by atoms with van der Waals surface area (Å²) >= 11 is 0. The first kappa shape index (κ1) is 19.4. The molecule has 5 aromatic rings. The normalized spacial score (nSPS) is 11.4. The summed E-state index contributed by atoms with van der Waals surface area (Å²) in [6.45, 7) is 1.99. The van der Waals surface area contributed by atoms with Gasteiger partial charge >= 0.3 is 0 Å². The second-order valence-corrected chi connectivity index (χ2v) is 7.43.